The Bertz CT molecular complexity index is 258. The molecular formula is C12H17N. The van der Waals surface area contributed by atoms with Crippen LogP contribution in [0, 0.1) is 11.8 Å². The zero-order chi connectivity index (χ0) is 8.67. The third kappa shape index (κ3) is 1.31. The topological polar surface area (TPSA) is 3.24 Å². The average molecular weight is 175 g/mol. The first-order valence-corrected chi connectivity index (χ1v) is 5.57. The predicted octanol–water partition coefficient (Wildman–Crippen LogP) is 2.56. The van der Waals surface area contributed by atoms with Gasteiger partial charge in [-0.2, -0.15) is 0 Å². The summed E-state index contributed by atoms with van der Waals surface area (Å²) in [5.74, 6) is 1.77. The van der Waals surface area contributed by atoms with E-state index < -0.39 is 0 Å². The Labute approximate surface area is 80.1 Å². The normalized spacial score (nSPS) is 39.7. The minimum absolute atomic E-state index is 0.849. The molecule has 2 atom stereocenters. The van der Waals surface area contributed by atoms with E-state index in [0.29, 0.717) is 0 Å². The fourth-order valence-electron chi connectivity index (χ4n) is 2.70. The minimum Gasteiger partial charge on any atom is -0.377 e. The predicted molar refractivity (Wildman–Crippen MR) is 54.2 cm³/mol. The zero-order valence-corrected chi connectivity index (χ0v) is 8.08. The van der Waals surface area contributed by atoms with Gasteiger partial charge in [0.05, 0.1) is 0 Å². The van der Waals surface area contributed by atoms with Crippen molar-refractivity contribution in [3.8, 4) is 0 Å². The van der Waals surface area contributed by atoms with Crippen LogP contribution in [0.1, 0.15) is 25.7 Å². The summed E-state index contributed by atoms with van der Waals surface area (Å²) in [4.78, 5) is 2.53. The monoisotopic (exact) mass is 175 g/mol. The second-order valence-corrected chi connectivity index (χ2v) is 4.52. The minimum atomic E-state index is 0.849. The third-order valence-electron chi connectivity index (χ3n) is 3.59. The van der Waals surface area contributed by atoms with E-state index in [-0.39, 0.29) is 0 Å². The van der Waals surface area contributed by atoms with Crippen LogP contribution >= 0.6 is 0 Å². The molecule has 1 saturated heterocycles. The van der Waals surface area contributed by atoms with Gasteiger partial charge in [-0.25, -0.2) is 0 Å². The van der Waals surface area contributed by atoms with Crippen molar-refractivity contribution < 1.29 is 0 Å². The molecule has 70 valence electrons. The van der Waals surface area contributed by atoms with Crippen LogP contribution in [0.4, 0.5) is 0 Å². The van der Waals surface area contributed by atoms with Crippen molar-refractivity contribution in [1.82, 2.24) is 4.90 Å². The van der Waals surface area contributed by atoms with Crippen molar-refractivity contribution in [2.24, 2.45) is 11.8 Å². The van der Waals surface area contributed by atoms with Crippen molar-refractivity contribution >= 4 is 0 Å². The lowest BCUT2D eigenvalue weighted by molar-refractivity contribution is 0.308. The summed E-state index contributed by atoms with van der Waals surface area (Å²) in [7, 11) is 0. The summed E-state index contributed by atoms with van der Waals surface area (Å²) in [5.41, 5.74) is 1.71. The molecule has 1 saturated carbocycles. The van der Waals surface area contributed by atoms with Gasteiger partial charge in [0, 0.05) is 19.0 Å². The molecule has 3 aliphatic rings. The second kappa shape index (κ2) is 2.90. The van der Waals surface area contributed by atoms with Crippen LogP contribution in [0.15, 0.2) is 23.9 Å². The Hall–Kier alpha value is -0.720. The summed E-state index contributed by atoms with van der Waals surface area (Å²) >= 11 is 0. The molecule has 0 radical (unpaired) electrons. The van der Waals surface area contributed by atoms with Crippen LogP contribution < -0.4 is 0 Å². The number of fused-ring (bicyclic) bond motifs is 1. The molecular weight excluding hydrogens is 158 g/mol. The van der Waals surface area contributed by atoms with Gasteiger partial charge in [-0.1, -0.05) is 12.2 Å². The van der Waals surface area contributed by atoms with E-state index in [4.69, 9.17) is 0 Å². The molecule has 1 heterocycles. The SMILES string of the molecule is C1=CC2/C(=C/N3CCCCC3)C2C1. The molecule has 0 aromatic carbocycles. The summed E-state index contributed by atoms with van der Waals surface area (Å²) in [6, 6.07) is 0. The highest BCUT2D eigenvalue weighted by atomic mass is 15.1. The van der Waals surface area contributed by atoms with E-state index in [2.05, 4.69) is 23.3 Å². The van der Waals surface area contributed by atoms with Crippen molar-refractivity contribution in [2.75, 3.05) is 13.1 Å². The maximum atomic E-state index is 2.53. The fraction of sp³-hybridized carbons (Fsp3) is 0.667. The van der Waals surface area contributed by atoms with Gasteiger partial charge in [0.15, 0.2) is 0 Å². The van der Waals surface area contributed by atoms with Crippen LogP contribution in [0.3, 0.4) is 0 Å². The number of allylic oxidation sites excluding steroid dienone is 3. The Morgan fingerprint density at radius 1 is 1.23 bits per heavy atom. The van der Waals surface area contributed by atoms with E-state index in [1.54, 1.807) is 5.57 Å². The van der Waals surface area contributed by atoms with Crippen LogP contribution in [-0.2, 0) is 0 Å². The highest BCUT2D eigenvalue weighted by Crippen LogP contribution is 2.53. The van der Waals surface area contributed by atoms with Crippen LogP contribution in [-0.4, -0.2) is 18.0 Å². The molecule has 0 aromatic rings. The van der Waals surface area contributed by atoms with Crippen molar-refractivity contribution in [1.29, 1.82) is 0 Å². The van der Waals surface area contributed by atoms with Crippen molar-refractivity contribution in [2.45, 2.75) is 25.7 Å². The van der Waals surface area contributed by atoms with Gasteiger partial charge in [0.2, 0.25) is 0 Å². The molecule has 2 aliphatic carbocycles. The average Bonchev–Trinajstić information content (AvgIpc) is 2.65. The fourth-order valence-corrected chi connectivity index (χ4v) is 2.70. The van der Waals surface area contributed by atoms with Crippen LogP contribution in [0.25, 0.3) is 0 Å². The second-order valence-electron chi connectivity index (χ2n) is 4.52. The molecule has 2 fully saturated rings. The number of hydrogen-bond donors (Lipinski definition) is 0. The molecule has 13 heavy (non-hydrogen) atoms. The van der Waals surface area contributed by atoms with Gasteiger partial charge in [0.1, 0.15) is 0 Å². The van der Waals surface area contributed by atoms with Crippen molar-refractivity contribution in [3.05, 3.63) is 23.9 Å². The number of rotatable bonds is 1. The number of hydrogen-bond acceptors (Lipinski definition) is 1. The summed E-state index contributed by atoms with van der Waals surface area (Å²) in [6.45, 7) is 2.60. The number of nitrogens with zero attached hydrogens (tertiary/aromatic N) is 1. The largest absolute Gasteiger partial charge is 0.377 e. The maximum absolute atomic E-state index is 2.53. The van der Waals surface area contributed by atoms with E-state index in [0.717, 1.165) is 11.8 Å². The van der Waals surface area contributed by atoms with Gasteiger partial charge in [-0.3, -0.25) is 0 Å². The molecule has 2 unspecified atom stereocenters. The van der Waals surface area contributed by atoms with Gasteiger partial charge < -0.3 is 4.90 Å². The Kier molecular flexibility index (Phi) is 1.71. The molecule has 3 rings (SSSR count). The van der Waals surface area contributed by atoms with Gasteiger partial charge in [0.25, 0.3) is 0 Å². The highest BCUT2D eigenvalue weighted by molar-refractivity contribution is 5.39. The summed E-state index contributed by atoms with van der Waals surface area (Å²) in [6.07, 6.45) is 12.7. The Morgan fingerprint density at radius 2 is 2.08 bits per heavy atom. The zero-order valence-electron chi connectivity index (χ0n) is 8.08. The summed E-state index contributed by atoms with van der Waals surface area (Å²) < 4.78 is 0. The maximum Gasteiger partial charge on any atom is 0.0172 e. The molecule has 0 N–H and O–H groups in total. The van der Waals surface area contributed by atoms with Gasteiger partial charge in [-0.15, -0.1) is 0 Å². The molecule has 0 spiro atoms. The summed E-state index contributed by atoms with van der Waals surface area (Å²) in [5, 5.41) is 0. The lowest BCUT2D eigenvalue weighted by atomic mass is 10.1. The molecule has 1 aliphatic heterocycles. The van der Waals surface area contributed by atoms with Crippen LogP contribution in [0.2, 0.25) is 0 Å². The highest BCUT2D eigenvalue weighted by Gasteiger charge is 2.44. The molecule has 1 nitrogen and oxygen atoms in total. The van der Waals surface area contributed by atoms with Crippen LogP contribution in [0.5, 0.6) is 0 Å². The lowest BCUT2D eigenvalue weighted by Gasteiger charge is -2.24. The standard InChI is InChI=1S/C12H17N/c1-2-7-13(8-3-1)9-12-10-5-4-6-11(10)12/h4-5,9-11H,1-3,6-8H2/b12-9-. The Balaban J connectivity index is 1.65. The third-order valence-corrected chi connectivity index (χ3v) is 3.59. The molecule has 1 heteroatoms. The smallest absolute Gasteiger partial charge is 0.0172 e. The van der Waals surface area contributed by atoms with E-state index in [9.17, 15) is 0 Å². The lowest BCUT2D eigenvalue weighted by Crippen LogP contribution is -2.24. The Morgan fingerprint density at radius 3 is 2.77 bits per heavy atom. The number of likely N-dealkylation sites (tertiary alicyclic amines) is 1. The quantitative estimate of drug-likeness (QED) is 0.554. The molecule has 0 aromatic heterocycles. The first-order valence-electron chi connectivity index (χ1n) is 5.57. The first-order chi connectivity index (χ1) is 6.45. The first kappa shape index (κ1) is 7.66. The van der Waals surface area contributed by atoms with E-state index in [1.165, 1.54) is 38.8 Å². The molecule has 0 bridgehead atoms. The molecule has 0 amide bonds. The van der Waals surface area contributed by atoms with E-state index in [1.807, 2.05) is 0 Å². The van der Waals surface area contributed by atoms with Gasteiger partial charge in [-0.05, 0) is 43.4 Å². The van der Waals surface area contributed by atoms with Gasteiger partial charge >= 0.3 is 0 Å². The van der Waals surface area contributed by atoms with Crippen molar-refractivity contribution in [3.63, 3.8) is 0 Å². The number of piperidine rings is 1. The van der Waals surface area contributed by atoms with E-state index >= 15 is 0 Å².